The van der Waals surface area contributed by atoms with E-state index in [4.69, 9.17) is 10.2 Å². The van der Waals surface area contributed by atoms with E-state index in [-0.39, 0.29) is 5.11 Å². The molecular formula is C12H10BrN3OS. The highest BCUT2D eigenvalue weighted by Gasteiger charge is 2.02. The quantitative estimate of drug-likeness (QED) is 0.518. The molecule has 0 spiro atoms. The van der Waals surface area contributed by atoms with Crippen molar-refractivity contribution in [2.45, 2.75) is 0 Å². The number of hydrogen-bond acceptors (Lipinski definition) is 3. The van der Waals surface area contributed by atoms with Gasteiger partial charge in [-0.25, -0.2) is 0 Å². The molecule has 0 bridgehead atoms. The van der Waals surface area contributed by atoms with Gasteiger partial charge in [0.2, 0.25) is 0 Å². The first kappa shape index (κ1) is 12.8. The Morgan fingerprint density at radius 2 is 2.00 bits per heavy atom. The van der Waals surface area contributed by atoms with E-state index in [1.54, 1.807) is 0 Å². The summed E-state index contributed by atoms with van der Waals surface area (Å²) < 4.78 is 6.63. The summed E-state index contributed by atoms with van der Waals surface area (Å²) in [5.74, 6) is 1.40. The number of nitrogens with zero attached hydrogens (tertiary/aromatic N) is 1. The molecule has 0 radical (unpaired) electrons. The van der Waals surface area contributed by atoms with Crippen molar-refractivity contribution in [3.63, 3.8) is 0 Å². The Morgan fingerprint density at radius 1 is 1.28 bits per heavy atom. The molecule has 1 heterocycles. The molecule has 1 aromatic heterocycles. The molecule has 2 rings (SSSR count). The van der Waals surface area contributed by atoms with Crippen LogP contribution in [0.2, 0.25) is 0 Å². The number of hydrogen-bond donors (Lipinski definition) is 2. The van der Waals surface area contributed by atoms with Crippen LogP contribution in [0.4, 0.5) is 0 Å². The van der Waals surface area contributed by atoms with Gasteiger partial charge in [-0.15, -0.1) is 0 Å². The third kappa shape index (κ3) is 3.41. The van der Waals surface area contributed by atoms with Gasteiger partial charge >= 0.3 is 0 Å². The van der Waals surface area contributed by atoms with Crippen molar-refractivity contribution in [2.24, 2.45) is 10.8 Å². The predicted molar refractivity (Wildman–Crippen MR) is 79.4 cm³/mol. The smallest absolute Gasteiger partial charge is 0.184 e. The lowest BCUT2D eigenvalue weighted by atomic mass is 10.2. The van der Waals surface area contributed by atoms with Crippen molar-refractivity contribution in [1.82, 2.24) is 5.43 Å². The topological polar surface area (TPSA) is 63.5 Å². The van der Waals surface area contributed by atoms with Crippen molar-refractivity contribution in [3.05, 3.63) is 46.6 Å². The first-order chi connectivity index (χ1) is 8.65. The van der Waals surface area contributed by atoms with E-state index in [0.717, 1.165) is 15.8 Å². The van der Waals surface area contributed by atoms with Gasteiger partial charge in [-0.05, 0) is 36.5 Å². The van der Waals surface area contributed by atoms with Crippen molar-refractivity contribution >= 4 is 39.5 Å². The highest BCUT2D eigenvalue weighted by molar-refractivity contribution is 9.10. The van der Waals surface area contributed by atoms with Gasteiger partial charge < -0.3 is 10.2 Å². The maximum atomic E-state index is 5.60. The van der Waals surface area contributed by atoms with Crippen LogP contribution in [-0.2, 0) is 0 Å². The molecule has 0 amide bonds. The van der Waals surface area contributed by atoms with E-state index in [0.29, 0.717) is 5.76 Å². The maximum Gasteiger partial charge on any atom is 0.184 e. The van der Waals surface area contributed by atoms with Gasteiger partial charge in [-0.2, -0.15) is 5.10 Å². The van der Waals surface area contributed by atoms with Gasteiger partial charge in [0.05, 0.1) is 6.21 Å². The second-order valence-electron chi connectivity index (χ2n) is 3.44. The molecule has 0 aliphatic heterocycles. The van der Waals surface area contributed by atoms with E-state index in [9.17, 15) is 0 Å². The van der Waals surface area contributed by atoms with Gasteiger partial charge in [-0.3, -0.25) is 5.43 Å². The Labute approximate surface area is 118 Å². The highest BCUT2D eigenvalue weighted by Crippen LogP contribution is 2.23. The molecule has 4 nitrogen and oxygen atoms in total. The highest BCUT2D eigenvalue weighted by atomic mass is 79.9. The monoisotopic (exact) mass is 323 g/mol. The van der Waals surface area contributed by atoms with Gasteiger partial charge in [0.25, 0.3) is 0 Å². The fourth-order valence-corrected chi connectivity index (χ4v) is 1.67. The minimum atomic E-state index is 0.117. The number of furan rings is 1. The van der Waals surface area contributed by atoms with Crippen LogP contribution < -0.4 is 11.2 Å². The number of benzene rings is 1. The lowest BCUT2D eigenvalue weighted by Crippen LogP contribution is -2.23. The molecule has 0 fully saturated rings. The minimum Gasteiger partial charge on any atom is -0.455 e. The molecule has 18 heavy (non-hydrogen) atoms. The standard InChI is InChI=1S/C12H10BrN3OS/c13-9-3-1-8(2-4-9)11-6-5-10(17-11)7-15-16-12(14)18/h1-7H,(H3,14,16,18). The number of rotatable bonds is 3. The lowest BCUT2D eigenvalue weighted by Gasteiger charge is -1.96. The largest absolute Gasteiger partial charge is 0.455 e. The second kappa shape index (κ2) is 5.79. The van der Waals surface area contributed by atoms with E-state index in [1.165, 1.54) is 6.21 Å². The van der Waals surface area contributed by atoms with Crippen LogP contribution in [-0.4, -0.2) is 11.3 Å². The average molecular weight is 324 g/mol. The molecule has 92 valence electrons. The molecule has 0 atom stereocenters. The summed E-state index contributed by atoms with van der Waals surface area (Å²) in [6.45, 7) is 0. The van der Waals surface area contributed by atoms with Crippen LogP contribution in [0, 0.1) is 0 Å². The zero-order valence-corrected chi connectivity index (χ0v) is 11.7. The third-order valence-electron chi connectivity index (χ3n) is 2.12. The Morgan fingerprint density at radius 3 is 2.67 bits per heavy atom. The molecule has 1 aromatic carbocycles. The summed E-state index contributed by atoms with van der Waals surface area (Å²) >= 11 is 8.01. The fourth-order valence-electron chi connectivity index (χ4n) is 1.35. The van der Waals surface area contributed by atoms with Crippen LogP contribution in [0.3, 0.4) is 0 Å². The maximum absolute atomic E-state index is 5.60. The van der Waals surface area contributed by atoms with Crippen molar-refractivity contribution in [1.29, 1.82) is 0 Å². The van der Waals surface area contributed by atoms with Gasteiger partial charge in [-0.1, -0.05) is 28.1 Å². The van der Waals surface area contributed by atoms with Gasteiger partial charge in [0.15, 0.2) is 5.11 Å². The Balaban J connectivity index is 2.12. The molecule has 0 saturated carbocycles. The normalized spacial score (nSPS) is 10.7. The second-order valence-corrected chi connectivity index (χ2v) is 4.80. The first-order valence-corrected chi connectivity index (χ1v) is 6.29. The van der Waals surface area contributed by atoms with Crippen LogP contribution in [0.5, 0.6) is 0 Å². The zero-order chi connectivity index (χ0) is 13.0. The lowest BCUT2D eigenvalue weighted by molar-refractivity contribution is 0.574. The number of hydrazone groups is 1. The van der Waals surface area contributed by atoms with E-state index in [1.807, 2.05) is 36.4 Å². The molecule has 0 aliphatic carbocycles. The summed E-state index contributed by atoms with van der Waals surface area (Å²) in [6, 6.07) is 11.6. The Kier molecular flexibility index (Phi) is 4.11. The van der Waals surface area contributed by atoms with E-state index < -0.39 is 0 Å². The summed E-state index contributed by atoms with van der Waals surface area (Å²) in [6.07, 6.45) is 1.52. The predicted octanol–water partition coefficient (Wildman–Crippen LogP) is 2.88. The van der Waals surface area contributed by atoms with E-state index >= 15 is 0 Å². The van der Waals surface area contributed by atoms with Crippen molar-refractivity contribution in [2.75, 3.05) is 0 Å². The number of thiocarbonyl (C=S) groups is 1. The Hall–Kier alpha value is -1.66. The average Bonchev–Trinajstić information content (AvgIpc) is 2.78. The molecule has 6 heteroatoms. The molecule has 0 aliphatic rings. The summed E-state index contributed by atoms with van der Waals surface area (Å²) in [5, 5.41) is 3.94. The SMILES string of the molecule is NC(=S)NN=Cc1ccc(-c2ccc(Br)cc2)o1. The summed E-state index contributed by atoms with van der Waals surface area (Å²) in [5.41, 5.74) is 8.70. The molecular weight excluding hydrogens is 314 g/mol. The fraction of sp³-hybridized carbons (Fsp3) is 0. The van der Waals surface area contributed by atoms with Crippen molar-refractivity contribution < 1.29 is 4.42 Å². The van der Waals surface area contributed by atoms with Crippen molar-refractivity contribution in [3.8, 4) is 11.3 Å². The van der Waals surface area contributed by atoms with Crippen LogP contribution in [0.25, 0.3) is 11.3 Å². The first-order valence-electron chi connectivity index (χ1n) is 5.09. The summed E-state index contributed by atoms with van der Waals surface area (Å²) in [4.78, 5) is 0. The molecule has 2 aromatic rings. The Bertz CT molecular complexity index is 577. The minimum absolute atomic E-state index is 0.117. The van der Waals surface area contributed by atoms with Gasteiger partial charge in [0.1, 0.15) is 11.5 Å². The zero-order valence-electron chi connectivity index (χ0n) is 9.26. The number of nitrogens with two attached hydrogens (primary N) is 1. The van der Waals surface area contributed by atoms with Crippen LogP contribution >= 0.6 is 28.1 Å². The van der Waals surface area contributed by atoms with Crippen LogP contribution in [0.1, 0.15) is 5.76 Å². The number of nitrogens with one attached hydrogen (secondary N) is 1. The molecule has 0 saturated heterocycles. The molecule has 0 unspecified atom stereocenters. The number of halogens is 1. The van der Waals surface area contributed by atoms with Gasteiger partial charge in [0, 0.05) is 10.0 Å². The van der Waals surface area contributed by atoms with E-state index in [2.05, 4.69) is 38.7 Å². The van der Waals surface area contributed by atoms with Crippen LogP contribution in [0.15, 0.2) is 50.4 Å². The third-order valence-corrected chi connectivity index (χ3v) is 2.74. The molecule has 3 N–H and O–H groups in total. The summed E-state index contributed by atoms with van der Waals surface area (Å²) in [7, 11) is 0.